The smallest absolute Gasteiger partial charge is 0.262 e. The largest absolute Gasteiger partial charge is 0.472 e. The maximum atomic E-state index is 12.0. The van der Waals surface area contributed by atoms with Crippen LogP contribution in [-0.2, 0) is 9.53 Å². The normalized spacial score (nSPS) is 18.3. The number of hydrogen-bond donors (Lipinski definition) is 2. The number of methoxy groups -OCH3 is 1. The van der Waals surface area contributed by atoms with Gasteiger partial charge in [0.25, 0.3) is 5.88 Å². The lowest BCUT2D eigenvalue weighted by Gasteiger charge is -2.35. The number of amides is 1. The molecule has 1 saturated carbocycles. The predicted octanol–water partition coefficient (Wildman–Crippen LogP) is 2.79. The minimum Gasteiger partial charge on any atom is -0.472 e. The molecule has 2 fully saturated rings. The summed E-state index contributed by atoms with van der Waals surface area (Å²) in [6, 6.07) is 5.79. The van der Waals surface area contributed by atoms with Crippen LogP contribution in [0, 0.1) is 12.8 Å². The highest BCUT2D eigenvalue weighted by atomic mass is 16.6. The maximum Gasteiger partial charge on any atom is 0.262 e. The van der Waals surface area contributed by atoms with E-state index < -0.39 is 0 Å². The van der Waals surface area contributed by atoms with E-state index in [2.05, 4.69) is 20.9 Å². The van der Waals surface area contributed by atoms with Crippen LogP contribution < -0.4 is 15.4 Å². The van der Waals surface area contributed by atoms with Crippen molar-refractivity contribution in [2.75, 3.05) is 32.1 Å². The lowest BCUT2D eigenvalue weighted by atomic mass is 9.93. The Labute approximate surface area is 180 Å². The van der Waals surface area contributed by atoms with Gasteiger partial charge < -0.3 is 24.6 Å². The SMILES string of the molecule is COC1(COc2noc(C)c2-c2ccn3nc(NC(=O)C4CC4)cc3c2)CCNCC1. The molecule has 9 nitrogen and oxygen atoms in total. The molecular weight excluding hydrogens is 398 g/mol. The Morgan fingerprint density at radius 1 is 1.35 bits per heavy atom. The number of rotatable bonds is 7. The molecular formula is C22H27N5O4. The van der Waals surface area contributed by atoms with Crippen molar-refractivity contribution in [3.63, 3.8) is 0 Å². The molecule has 1 amide bonds. The van der Waals surface area contributed by atoms with E-state index in [1.165, 1.54) is 0 Å². The summed E-state index contributed by atoms with van der Waals surface area (Å²) in [6.45, 7) is 4.09. The van der Waals surface area contributed by atoms with Gasteiger partial charge in [-0.25, -0.2) is 4.52 Å². The molecule has 2 aliphatic rings. The zero-order chi connectivity index (χ0) is 21.4. The second kappa shape index (κ2) is 7.97. The van der Waals surface area contributed by atoms with Crippen LogP contribution in [-0.4, -0.2) is 53.1 Å². The number of nitrogens with zero attached hydrogens (tertiary/aromatic N) is 3. The number of fused-ring (bicyclic) bond motifs is 1. The van der Waals surface area contributed by atoms with Crippen molar-refractivity contribution in [2.45, 2.75) is 38.2 Å². The third kappa shape index (κ3) is 4.03. The van der Waals surface area contributed by atoms with Gasteiger partial charge in [-0.15, -0.1) is 0 Å². The van der Waals surface area contributed by atoms with E-state index >= 15 is 0 Å². The van der Waals surface area contributed by atoms with Gasteiger partial charge >= 0.3 is 0 Å². The zero-order valence-corrected chi connectivity index (χ0v) is 17.8. The lowest BCUT2D eigenvalue weighted by molar-refractivity contribution is -0.117. The number of anilines is 1. The number of aromatic nitrogens is 3. The monoisotopic (exact) mass is 425 g/mol. The first-order valence-electron chi connectivity index (χ1n) is 10.7. The molecule has 5 rings (SSSR count). The fourth-order valence-electron chi connectivity index (χ4n) is 4.05. The number of pyridine rings is 1. The summed E-state index contributed by atoms with van der Waals surface area (Å²) >= 11 is 0. The van der Waals surface area contributed by atoms with Crippen LogP contribution in [0.25, 0.3) is 16.6 Å². The predicted molar refractivity (Wildman–Crippen MR) is 114 cm³/mol. The molecule has 0 bridgehead atoms. The average molecular weight is 425 g/mol. The Bertz CT molecular complexity index is 1090. The van der Waals surface area contributed by atoms with Gasteiger partial charge in [0.05, 0.1) is 11.1 Å². The molecule has 0 aromatic carbocycles. The van der Waals surface area contributed by atoms with Gasteiger partial charge in [-0.05, 0) is 68.5 Å². The molecule has 3 aromatic rings. The second-order valence-corrected chi connectivity index (χ2v) is 8.42. The van der Waals surface area contributed by atoms with Crippen molar-refractivity contribution in [2.24, 2.45) is 5.92 Å². The van der Waals surface area contributed by atoms with Crippen LogP contribution >= 0.6 is 0 Å². The van der Waals surface area contributed by atoms with Crippen LogP contribution in [0.3, 0.4) is 0 Å². The van der Waals surface area contributed by atoms with Crippen molar-refractivity contribution in [3.8, 4) is 17.0 Å². The summed E-state index contributed by atoms with van der Waals surface area (Å²) in [4.78, 5) is 12.0. The first kappa shape index (κ1) is 20.0. The van der Waals surface area contributed by atoms with Crippen molar-refractivity contribution in [3.05, 3.63) is 30.2 Å². The van der Waals surface area contributed by atoms with E-state index in [-0.39, 0.29) is 17.4 Å². The first-order valence-corrected chi connectivity index (χ1v) is 10.7. The van der Waals surface area contributed by atoms with Gasteiger partial charge in [0.15, 0.2) is 5.82 Å². The quantitative estimate of drug-likeness (QED) is 0.600. The maximum absolute atomic E-state index is 12.0. The summed E-state index contributed by atoms with van der Waals surface area (Å²) in [5.41, 5.74) is 2.27. The number of carbonyl (C=O) groups is 1. The van der Waals surface area contributed by atoms with E-state index in [4.69, 9.17) is 14.0 Å². The molecule has 0 radical (unpaired) electrons. The number of piperidine rings is 1. The van der Waals surface area contributed by atoms with E-state index in [1.807, 2.05) is 31.3 Å². The molecule has 4 heterocycles. The molecule has 0 unspecified atom stereocenters. The highest BCUT2D eigenvalue weighted by molar-refractivity contribution is 5.93. The van der Waals surface area contributed by atoms with Gasteiger partial charge in [0.2, 0.25) is 5.91 Å². The molecule has 164 valence electrons. The van der Waals surface area contributed by atoms with Crippen molar-refractivity contribution >= 4 is 17.2 Å². The van der Waals surface area contributed by atoms with Gasteiger partial charge in [-0.2, -0.15) is 5.10 Å². The lowest BCUT2D eigenvalue weighted by Crippen LogP contribution is -2.47. The highest BCUT2D eigenvalue weighted by Crippen LogP contribution is 2.35. The zero-order valence-electron chi connectivity index (χ0n) is 17.8. The summed E-state index contributed by atoms with van der Waals surface area (Å²) in [6.07, 6.45) is 5.54. The Morgan fingerprint density at radius 2 is 2.16 bits per heavy atom. The molecule has 9 heteroatoms. The van der Waals surface area contributed by atoms with Gasteiger partial charge in [-0.1, -0.05) is 0 Å². The van der Waals surface area contributed by atoms with E-state index in [0.29, 0.717) is 24.1 Å². The molecule has 0 spiro atoms. The Kier molecular flexibility index (Phi) is 5.15. The molecule has 0 atom stereocenters. The molecule has 1 aliphatic heterocycles. The van der Waals surface area contributed by atoms with Crippen molar-refractivity contribution < 1.29 is 18.8 Å². The van der Waals surface area contributed by atoms with Crippen LogP contribution in [0.15, 0.2) is 28.9 Å². The highest BCUT2D eigenvalue weighted by Gasteiger charge is 2.34. The van der Waals surface area contributed by atoms with Crippen molar-refractivity contribution in [1.29, 1.82) is 0 Å². The Balaban J connectivity index is 1.38. The summed E-state index contributed by atoms with van der Waals surface area (Å²) in [5.74, 6) is 1.87. The first-order chi connectivity index (χ1) is 15.1. The molecule has 2 N–H and O–H groups in total. The molecule has 1 aliphatic carbocycles. The standard InChI is InChI=1S/C22H27N5O4/c1-14-19(21(26-31-14)30-13-22(29-2)6-8-23-9-7-22)16-5-10-27-17(11-16)12-18(25-27)24-20(28)15-3-4-15/h5,10-12,15,23H,3-4,6-9,13H2,1-2H3,(H,24,25,28). The number of nitrogens with one attached hydrogen (secondary N) is 2. The third-order valence-electron chi connectivity index (χ3n) is 6.20. The number of carbonyl (C=O) groups excluding carboxylic acids is 1. The van der Waals surface area contributed by atoms with Gasteiger partial charge in [0, 0.05) is 25.3 Å². The van der Waals surface area contributed by atoms with Crippen LogP contribution in [0.1, 0.15) is 31.4 Å². The Morgan fingerprint density at radius 3 is 2.90 bits per heavy atom. The number of ether oxygens (including phenoxy) is 2. The summed E-state index contributed by atoms with van der Waals surface area (Å²) in [7, 11) is 1.73. The Hall–Kier alpha value is -2.91. The van der Waals surface area contributed by atoms with E-state index in [1.54, 1.807) is 11.6 Å². The molecule has 3 aromatic heterocycles. The third-order valence-corrected chi connectivity index (χ3v) is 6.20. The number of hydrogen-bond acceptors (Lipinski definition) is 7. The van der Waals surface area contributed by atoms with Crippen LogP contribution in [0.2, 0.25) is 0 Å². The van der Waals surface area contributed by atoms with Gasteiger partial charge in [0.1, 0.15) is 18.0 Å². The minimum atomic E-state index is -0.320. The summed E-state index contributed by atoms with van der Waals surface area (Å²) < 4.78 is 19.1. The molecule has 31 heavy (non-hydrogen) atoms. The van der Waals surface area contributed by atoms with E-state index in [9.17, 15) is 4.79 Å². The summed E-state index contributed by atoms with van der Waals surface area (Å²) in [5, 5.41) is 14.8. The van der Waals surface area contributed by atoms with Gasteiger partial charge in [-0.3, -0.25) is 4.79 Å². The van der Waals surface area contributed by atoms with E-state index in [0.717, 1.165) is 55.4 Å². The van der Waals surface area contributed by atoms with Crippen molar-refractivity contribution in [1.82, 2.24) is 20.1 Å². The van der Waals surface area contributed by atoms with Crippen LogP contribution in [0.5, 0.6) is 5.88 Å². The average Bonchev–Trinajstić information content (AvgIpc) is 3.47. The minimum absolute atomic E-state index is 0.0409. The fourth-order valence-corrected chi connectivity index (χ4v) is 4.05. The number of aryl methyl sites for hydroxylation is 1. The molecule has 1 saturated heterocycles. The fraction of sp³-hybridized carbons (Fsp3) is 0.500. The second-order valence-electron chi connectivity index (χ2n) is 8.42. The van der Waals surface area contributed by atoms with Crippen LogP contribution in [0.4, 0.5) is 5.82 Å². The topological polar surface area (TPSA) is 103 Å².